The summed E-state index contributed by atoms with van der Waals surface area (Å²) in [5.74, 6) is -0.339. The summed E-state index contributed by atoms with van der Waals surface area (Å²) in [6.07, 6.45) is -4.20. The molecule has 1 aromatic rings. The maximum atomic E-state index is 13.1. The first-order valence-corrected chi connectivity index (χ1v) is 7.37. The Morgan fingerprint density at radius 3 is 2.14 bits per heavy atom. The average molecular weight is 318 g/mol. The summed E-state index contributed by atoms with van der Waals surface area (Å²) in [5.41, 5.74) is 0.687. The fourth-order valence-corrected chi connectivity index (χ4v) is 3.01. The second-order valence-electron chi connectivity index (χ2n) is 6.78. The third kappa shape index (κ3) is 4.43. The maximum absolute atomic E-state index is 13.1. The van der Waals surface area contributed by atoms with E-state index >= 15 is 0 Å². The van der Waals surface area contributed by atoms with E-state index in [1.807, 2.05) is 20.8 Å². The van der Waals surface area contributed by atoms with Crippen LogP contribution in [0.2, 0.25) is 0 Å². The highest BCUT2D eigenvalue weighted by atomic mass is 19.4. The zero-order valence-corrected chi connectivity index (χ0v) is 13.1. The van der Waals surface area contributed by atoms with Gasteiger partial charge in [-0.05, 0) is 38.5 Å². The molecule has 0 amide bonds. The van der Waals surface area contributed by atoms with Crippen molar-refractivity contribution in [3.05, 3.63) is 35.6 Å². The van der Waals surface area contributed by atoms with Gasteiger partial charge in [-0.15, -0.1) is 0 Å². The Morgan fingerprint density at radius 2 is 1.64 bits per heavy atom. The van der Waals surface area contributed by atoms with Gasteiger partial charge in [-0.3, -0.25) is 9.80 Å². The summed E-state index contributed by atoms with van der Waals surface area (Å²) < 4.78 is 51.1. The van der Waals surface area contributed by atoms with Crippen molar-refractivity contribution in [2.75, 3.05) is 26.2 Å². The Hall–Kier alpha value is -1.14. The molecule has 2 nitrogen and oxygen atoms in total. The quantitative estimate of drug-likeness (QED) is 0.764. The summed E-state index contributed by atoms with van der Waals surface area (Å²) >= 11 is 0. The molecular formula is C16H22F4N2. The van der Waals surface area contributed by atoms with Crippen molar-refractivity contribution in [3.63, 3.8) is 0 Å². The lowest BCUT2D eigenvalue weighted by molar-refractivity contribution is -0.154. The molecule has 2 rings (SSSR count). The van der Waals surface area contributed by atoms with E-state index in [9.17, 15) is 17.6 Å². The first-order chi connectivity index (χ1) is 10.1. The van der Waals surface area contributed by atoms with Crippen LogP contribution < -0.4 is 0 Å². The lowest BCUT2D eigenvalue weighted by Gasteiger charge is -2.48. The highest BCUT2D eigenvalue weighted by Crippen LogP contribution is 2.32. The minimum atomic E-state index is -4.20. The summed E-state index contributed by atoms with van der Waals surface area (Å²) in [5, 5.41) is 0. The molecule has 1 saturated heterocycles. The molecule has 1 aliphatic rings. The van der Waals surface area contributed by atoms with Gasteiger partial charge >= 0.3 is 6.18 Å². The van der Waals surface area contributed by atoms with E-state index in [4.69, 9.17) is 0 Å². The third-order valence-corrected chi connectivity index (χ3v) is 3.98. The molecule has 1 aliphatic heterocycles. The zero-order valence-electron chi connectivity index (χ0n) is 13.1. The van der Waals surface area contributed by atoms with Gasteiger partial charge in [0.25, 0.3) is 0 Å². The molecule has 124 valence electrons. The van der Waals surface area contributed by atoms with Crippen molar-refractivity contribution in [1.82, 2.24) is 9.80 Å². The van der Waals surface area contributed by atoms with E-state index in [0.717, 1.165) is 5.56 Å². The van der Waals surface area contributed by atoms with Crippen molar-refractivity contribution in [2.45, 2.75) is 38.5 Å². The molecule has 22 heavy (non-hydrogen) atoms. The molecule has 0 spiro atoms. The number of benzene rings is 1. The molecule has 0 N–H and O–H groups in total. The highest BCUT2D eigenvalue weighted by Gasteiger charge is 2.38. The molecule has 0 aliphatic carbocycles. The van der Waals surface area contributed by atoms with Crippen LogP contribution in [0.1, 0.15) is 32.4 Å². The van der Waals surface area contributed by atoms with Gasteiger partial charge in [-0.1, -0.05) is 12.1 Å². The summed E-state index contributed by atoms with van der Waals surface area (Å²) in [7, 11) is 0. The first kappa shape index (κ1) is 17.2. The molecule has 1 aromatic carbocycles. The summed E-state index contributed by atoms with van der Waals surface area (Å²) in [6.45, 7) is 6.47. The lowest BCUT2D eigenvalue weighted by atomic mass is 9.95. The summed E-state index contributed by atoms with van der Waals surface area (Å²) in [6, 6.07) is 5.88. The van der Waals surface area contributed by atoms with Crippen LogP contribution in [0.15, 0.2) is 24.3 Å². The van der Waals surface area contributed by atoms with E-state index < -0.39 is 12.7 Å². The van der Waals surface area contributed by atoms with Crippen molar-refractivity contribution >= 4 is 0 Å². The molecule has 0 unspecified atom stereocenters. The predicted octanol–water partition coefficient (Wildman–Crippen LogP) is 3.85. The second kappa shape index (κ2) is 6.16. The van der Waals surface area contributed by atoms with E-state index in [-0.39, 0.29) is 17.4 Å². The molecular weight excluding hydrogens is 296 g/mol. The van der Waals surface area contributed by atoms with Gasteiger partial charge in [0.05, 0.1) is 6.54 Å². The van der Waals surface area contributed by atoms with Crippen molar-refractivity contribution in [3.8, 4) is 0 Å². The van der Waals surface area contributed by atoms with Crippen molar-refractivity contribution in [2.24, 2.45) is 0 Å². The maximum Gasteiger partial charge on any atom is 0.401 e. The van der Waals surface area contributed by atoms with Crippen LogP contribution in [0, 0.1) is 5.82 Å². The molecule has 0 aromatic heterocycles. The fourth-order valence-electron chi connectivity index (χ4n) is 3.01. The second-order valence-corrected chi connectivity index (χ2v) is 6.78. The Labute approximate surface area is 128 Å². The molecule has 6 heteroatoms. The van der Waals surface area contributed by atoms with E-state index in [1.54, 1.807) is 12.1 Å². The Morgan fingerprint density at radius 1 is 1.05 bits per heavy atom. The van der Waals surface area contributed by atoms with Crippen LogP contribution >= 0.6 is 0 Å². The molecule has 0 bridgehead atoms. The van der Waals surface area contributed by atoms with Gasteiger partial charge < -0.3 is 0 Å². The van der Waals surface area contributed by atoms with Gasteiger partial charge in [0.1, 0.15) is 5.82 Å². The largest absolute Gasteiger partial charge is 0.401 e. The first-order valence-electron chi connectivity index (χ1n) is 7.37. The van der Waals surface area contributed by atoms with E-state index in [1.165, 1.54) is 17.0 Å². The number of halogens is 4. The Balaban J connectivity index is 2.23. The average Bonchev–Trinajstić information content (AvgIpc) is 2.36. The number of piperazine rings is 1. The normalized spacial score (nSPS) is 22.0. The van der Waals surface area contributed by atoms with Gasteiger partial charge in [-0.25, -0.2) is 4.39 Å². The summed E-state index contributed by atoms with van der Waals surface area (Å²) in [4.78, 5) is 3.61. The van der Waals surface area contributed by atoms with Crippen LogP contribution in [0.5, 0.6) is 0 Å². The highest BCUT2D eigenvalue weighted by molar-refractivity contribution is 5.21. The van der Waals surface area contributed by atoms with Crippen LogP contribution in [-0.2, 0) is 0 Å². The van der Waals surface area contributed by atoms with Crippen molar-refractivity contribution < 1.29 is 17.6 Å². The number of rotatable bonds is 2. The van der Waals surface area contributed by atoms with Gasteiger partial charge in [0.2, 0.25) is 0 Å². The molecule has 0 radical (unpaired) electrons. The van der Waals surface area contributed by atoms with Crippen LogP contribution in [0.4, 0.5) is 17.6 Å². The minimum absolute atomic E-state index is 0.163. The number of hydrogen-bond acceptors (Lipinski definition) is 2. The van der Waals surface area contributed by atoms with Crippen LogP contribution in [0.3, 0.4) is 0 Å². The monoisotopic (exact) mass is 318 g/mol. The molecule has 1 fully saturated rings. The van der Waals surface area contributed by atoms with Crippen molar-refractivity contribution in [1.29, 1.82) is 0 Å². The molecule has 0 saturated carbocycles. The number of alkyl halides is 3. The van der Waals surface area contributed by atoms with Crippen LogP contribution in [-0.4, -0.2) is 47.7 Å². The topological polar surface area (TPSA) is 6.48 Å². The van der Waals surface area contributed by atoms with Crippen LogP contribution in [0.25, 0.3) is 0 Å². The van der Waals surface area contributed by atoms with E-state index in [2.05, 4.69) is 4.90 Å². The lowest BCUT2D eigenvalue weighted by Crippen LogP contribution is -2.56. The van der Waals surface area contributed by atoms with Gasteiger partial charge in [-0.2, -0.15) is 13.2 Å². The van der Waals surface area contributed by atoms with Gasteiger partial charge in [0, 0.05) is 31.2 Å². The SMILES string of the molecule is CC(C)(C)N1CCN(CC(F)(F)F)C[C@H]1c1ccc(F)cc1. The van der Waals surface area contributed by atoms with Gasteiger partial charge in [0.15, 0.2) is 0 Å². The Kier molecular flexibility index (Phi) is 4.82. The predicted molar refractivity (Wildman–Crippen MR) is 78.1 cm³/mol. The fraction of sp³-hybridized carbons (Fsp3) is 0.625. The zero-order chi connectivity index (χ0) is 16.5. The van der Waals surface area contributed by atoms with E-state index in [0.29, 0.717) is 19.6 Å². The molecule has 1 heterocycles. The molecule has 1 atom stereocenters. The Bertz CT molecular complexity index is 490. The third-order valence-electron chi connectivity index (χ3n) is 3.98. The standard InChI is InChI=1S/C16H22F4N2/c1-15(2,3)22-9-8-21(11-16(18,19)20)10-14(22)12-4-6-13(17)7-5-12/h4-7,14H,8-11H2,1-3H3/t14-/m0/s1. The minimum Gasteiger partial charge on any atom is -0.292 e. The number of hydrogen-bond donors (Lipinski definition) is 0. The number of nitrogens with zero attached hydrogens (tertiary/aromatic N) is 2. The smallest absolute Gasteiger partial charge is 0.292 e.